The van der Waals surface area contributed by atoms with E-state index in [4.69, 9.17) is 5.73 Å². The molecule has 1 aromatic carbocycles. The second kappa shape index (κ2) is 3.70. The predicted molar refractivity (Wildman–Crippen MR) is 55.7 cm³/mol. The van der Waals surface area contributed by atoms with Gasteiger partial charge < -0.3 is 5.73 Å². The molecule has 0 aromatic heterocycles. The first kappa shape index (κ1) is 9.66. The maximum Gasteiger partial charge on any atom is 0.126 e. The van der Waals surface area contributed by atoms with Crippen molar-refractivity contribution in [3.8, 4) is 0 Å². The van der Waals surface area contributed by atoms with Gasteiger partial charge >= 0.3 is 0 Å². The number of halogens is 1. The van der Waals surface area contributed by atoms with Crippen molar-refractivity contribution in [1.82, 2.24) is 0 Å². The molecule has 0 spiro atoms. The van der Waals surface area contributed by atoms with E-state index in [9.17, 15) is 4.39 Å². The molecule has 1 aromatic rings. The number of hydrogen-bond donors (Lipinski definition) is 1. The van der Waals surface area contributed by atoms with Gasteiger partial charge in [0, 0.05) is 0 Å². The highest BCUT2D eigenvalue weighted by molar-refractivity contribution is 5.29. The summed E-state index contributed by atoms with van der Waals surface area (Å²) < 4.78 is 13.5. The molecule has 1 fully saturated rings. The SMILES string of the molecule is Cc1ccc(F)c(C2CCC2CN)c1. The topological polar surface area (TPSA) is 26.0 Å². The van der Waals surface area contributed by atoms with Crippen molar-refractivity contribution in [2.24, 2.45) is 11.7 Å². The molecule has 0 bridgehead atoms. The van der Waals surface area contributed by atoms with Crippen LogP contribution in [0.1, 0.15) is 29.9 Å². The van der Waals surface area contributed by atoms with Crippen LogP contribution in [0.2, 0.25) is 0 Å². The number of hydrogen-bond acceptors (Lipinski definition) is 1. The molecule has 0 amide bonds. The lowest BCUT2D eigenvalue weighted by atomic mass is 9.70. The molecule has 1 aliphatic carbocycles. The maximum atomic E-state index is 13.5. The predicted octanol–water partition coefficient (Wildman–Crippen LogP) is 2.59. The van der Waals surface area contributed by atoms with E-state index in [2.05, 4.69) is 0 Å². The van der Waals surface area contributed by atoms with Crippen LogP contribution in [-0.4, -0.2) is 6.54 Å². The standard InChI is InChI=1S/C12H16FN/c1-8-2-5-12(13)11(6-8)10-4-3-9(10)7-14/h2,5-6,9-10H,3-4,7,14H2,1H3. The van der Waals surface area contributed by atoms with Crippen LogP contribution in [0.5, 0.6) is 0 Å². The summed E-state index contributed by atoms with van der Waals surface area (Å²) in [5, 5.41) is 0. The lowest BCUT2D eigenvalue weighted by Gasteiger charge is -2.36. The summed E-state index contributed by atoms with van der Waals surface area (Å²) in [5.41, 5.74) is 7.62. The Morgan fingerprint density at radius 2 is 2.21 bits per heavy atom. The zero-order valence-corrected chi connectivity index (χ0v) is 8.46. The fourth-order valence-electron chi connectivity index (χ4n) is 2.21. The molecule has 76 valence electrons. The molecular formula is C12H16FN. The van der Waals surface area contributed by atoms with Gasteiger partial charge in [0.05, 0.1) is 0 Å². The zero-order valence-electron chi connectivity index (χ0n) is 8.46. The van der Waals surface area contributed by atoms with Gasteiger partial charge in [0.2, 0.25) is 0 Å². The Morgan fingerprint density at radius 1 is 1.43 bits per heavy atom. The van der Waals surface area contributed by atoms with E-state index in [1.807, 2.05) is 19.1 Å². The van der Waals surface area contributed by atoms with E-state index < -0.39 is 0 Å². The minimum absolute atomic E-state index is 0.0706. The highest BCUT2D eigenvalue weighted by Crippen LogP contribution is 2.42. The zero-order chi connectivity index (χ0) is 10.1. The Kier molecular flexibility index (Phi) is 2.55. The fraction of sp³-hybridized carbons (Fsp3) is 0.500. The van der Waals surface area contributed by atoms with Crippen LogP contribution in [0.3, 0.4) is 0 Å². The van der Waals surface area contributed by atoms with Gasteiger partial charge in [0.15, 0.2) is 0 Å². The van der Waals surface area contributed by atoms with Gasteiger partial charge in [0.1, 0.15) is 5.82 Å². The first-order chi connectivity index (χ1) is 6.72. The van der Waals surface area contributed by atoms with E-state index >= 15 is 0 Å². The van der Waals surface area contributed by atoms with Crippen molar-refractivity contribution >= 4 is 0 Å². The third-order valence-corrected chi connectivity index (χ3v) is 3.27. The molecule has 2 atom stereocenters. The summed E-state index contributed by atoms with van der Waals surface area (Å²) in [6.45, 7) is 2.68. The van der Waals surface area contributed by atoms with Crippen molar-refractivity contribution in [1.29, 1.82) is 0 Å². The Bertz CT molecular complexity index is 333. The van der Waals surface area contributed by atoms with E-state index in [1.54, 1.807) is 6.07 Å². The number of benzene rings is 1. The van der Waals surface area contributed by atoms with E-state index in [1.165, 1.54) is 0 Å². The summed E-state index contributed by atoms with van der Waals surface area (Å²) >= 11 is 0. The Morgan fingerprint density at radius 3 is 2.79 bits per heavy atom. The van der Waals surface area contributed by atoms with Gasteiger partial charge in [-0.3, -0.25) is 0 Å². The molecule has 1 nitrogen and oxygen atoms in total. The number of aryl methyl sites for hydroxylation is 1. The molecular weight excluding hydrogens is 177 g/mol. The lowest BCUT2D eigenvalue weighted by molar-refractivity contribution is 0.257. The van der Waals surface area contributed by atoms with Crippen LogP contribution in [-0.2, 0) is 0 Å². The van der Waals surface area contributed by atoms with Crippen LogP contribution in [0, 0.1) is 18.7 Å². The van der Waals surface area contributed by atoms with Crippen molar-refractivity contribution in [2.45, 2.75) is 25.7 Å². The summed E-state index contributed by atoms with van der Waals surface area (Å²) in [4.78, 5) is 0. The van der Waals surface area contributed by atoms with E-state index in [0.717, 1.165) is 24.0 Å². The lowest BCUT2D eigenvalue weighted by Crippen LogP contribution is -2.31. The van der Waals surface area contributed by atoms with Crippen LogP contribution >= 0.6 is 0 Å². The minimum Gasteiger partial charge on any atom is -0.330 e. The van der Waals surface area contributed by atoms with Crippen LogP contribution < -0.4 is 5.73 Å². The van der Waals surface area contributed by atoms with Gasteiger partial charge in [-0.25, -0.2) is 4.39 Å². The van der Waals surface area contributed by atoms with Crippen LogP contribution in [0.25, 0.3) is 0 Å². The Labute approximate surface area is 84.1 Å². The number of nitrogens with two attached hydrogens (primary N) is 1. The fourth-order valence-corrected chi connectivity index (χ4v) is 2.21. The molecule has 0 saturated heterocycles. The first-order valence-electron chi connectivity index (χ1n) is 5.18. The summed E-state index contributed by atoms with van der Waals surface area (Å²) in [6.07, 6.45) is 2.23. The van der Waals surface area contributed by atoms with Crippen LogP contribution in [0.15, 0.2) is 18.2 Å². The van der Waals surface area contributed by atoms with E-state index in [-0.39, 0.29) is 5.82 Å². The molecule has 1 saturated carbocycles. The molecule has 2 N–H and O–H groups in total. The van der Waals surface area contributed by atoms with Crippen molar-refractivity contribution in [3.05, 3.63) is 35.1 Å². The third kappa shape index (κ3) is 1.55. The van der Waals surface area contributed by atoms with Gasteiger partial charge in [0.25, 0.3) is 0 Å². The summed E-state index contributed by atoms with van der Waals surface area (Å²) in [6, 6.07) is 5.34. The van der Waals surface area contributed by atoms with Crippen molar-refractivity contribution in [2.75, 3.05) is 6.54 Å². The minimum atomic E-state index is -0.0706. The molecule has 14 heavy (non-hydrogen) atoms. The number of rotatable bonds is 2. The molecule has 2 rings (SSSR count). The van der Waals surface area contributed by atoms with Gasteiger partial charge in [-0.15, -0.1) is 0 Å². The van der Waals surface area contributed by atoms with Gasteiger partial charge in [-0.2, -0.15) is 0 Å². The van der Waals surface area contributed by atoms with Crippen LogP contribution in [0.4, 0.5) is 4.39 Å². The summed E-state index contributed by atoms with van der Waals surface area (Å²) in [7, 11) is 0. The third-order valence-electron chi connectivity index (χ3n) is 3.27. The molecule has 2 unspecified atom stereocenters. The molecule has 0 aliphatic heterocycles. The maximum absolute atomic E-state index is 13.5. The second-order valence-corrected chi connectivity index (χ2v) is 4.20. The monoisotopic (exact) mass is 193 g/mol. The van der Waals surface area contributed by atoms with E-state index in [0.29, 0.717) is 18.4 Å². The highest BCUT2D eigenvalue weighted by atomic mass is 19.1. The average Bonchev–Trinajstić information content (AvgIpc) is 2.10. The molecule has 0 heterocycles. The normalized spacial score (nSPS) is 25.9. The smallest absolute Gasteiger partial charge is 0.126 e. The largest absolute Gasteiger partial charge is 0.330 e. The summed E-state index contributed by atoms with van der Waals surface area (Å²) in [5.74, 6) is 0.782. The van der Waals surface area contributed by atoms with Crippen molar-refractivity contribution in [3.63, 3.8) is 0 Å². The molecule has 0 radical (unpaired) electrons. The highest BCUT2D eigenvalue weighted by Gasteiger charge is 2.32. The molecule has 1 aliphatic rings. The van der Waals surface area contributed by atoms with Crippen molar-refractivity contribution < 1.29 is 4.39 Å². The average molecular weight is 193 g/mol. The van der Waals surface area contributed by atoms with Gasteiger partial charge in [-0.1, -0.05) is 17.7 Å². The van der Waals surface area contributed by atoms with Gasteiger partial charge in [-0.05, 0) is 49.8 Å². The first-order valence-corrected chi connectivity index (χ1v) is 5.18. The Hall–Kier alpha value is -0.890. The quantitative estimate of drug-likeness (QED) is 0.767. The molecule has 2 heteroatoms. The Balaban J connectivity index is 2.27. The second-order valence-electron chi connectivity index (χ2n) is 4.20.